The smallest absolute Gasteiger partial charge is 0.315 e. The van der Waals surface area contributed by atoms with E-state index >= 15 is 0 Å². The molecule has 0 heterocycles. The average molecular weight is 268 g/mol. The Balaban J connectivity index is 1.74. The zero-order chi connectivity index (χ0) is 14.2. The Labute approximate surface area is 120 Å². The van der Waals surface area contributed by atoms with Gasteiger partial charge in [-0.2, -0.15) is 0 Å². The molecule has 0 fully saturated rings. The van der Waals surface area contributed by atoms with Gasteiger partial charge in [0, 0.05) is 12.6 Å². The highest BCUT2D eigenvalue weighted by atomic mass is 16.2. The molecule has 2 aromatic carbocycles. The number of nitrogens with one attached hydrogen (secondary N) is 2. The number of rotatable bonds is 5. The van der Waals surface area contributed by atoms with Crippen molar-refractivity contribution in [2.24, 2.45) is 0 Å². The van der Waals surface area contributed by atoms with Gasteiger partial charge >= 0.3 is 6.03 Å². The molecule has 0 saturated carbocycles. The van der Waals surface area contributed by atoms with Crippen LogP contribution in [0.25, 0.3) is 0 Å². The molecule has 2 N–H and O–H groups in total. The zero-order valence-electron chi connectivity index (χ0n) is 11.7. The summed E-state index contributed by atoms with van der Waals surface area (Å²) < 4.78 is 0. The minimum atomic E-state index is -0.128. The molecule has 3 nitrogen and oxygen atoms in total. The van der Waals surface area contributed by atoms with E-state index in [1.807, 2.05) is 55.5 Å². The summed E-state index contributed by atoms with van der Waals surface area (Å²) in [7, 11) is 0. The van der Waals surface area contributed by atoms with Crippen molar-refractivity contribution in [2.75, 3.05) is 0 Å². The molecule has 0 radical (unpaired) electrons. The van der Waals surface area contributed by atoms with Crippen LogP contribution in [0.3, 0.4) is 0 Å². The van der Waals surface area contributed by atoms with Gasteiger partial charge in [-0.15, -0.1) is 0 Å². The fourth-order valence-corrected chi connectivity index (χ4v) is 2.07. The summed E-state index contributed by atoms with van der Waals surface area (Å²) in [5.41, 5.74) is 2.32. The first-order valence-corrected chi connectivity index (χ1v) is 6.86. The summed E-state index contributed by atoms with van der Waals surface area (Å²) in [6, 6.07) is 20.0. The molecule has 2 amide bonds. The molecule has 2 aromatic rings. The van der Waals surface area contributed by atoms with Gasteiger partial charge in [0.1, 0.15) is 0 Å². The number of hydrogen-bond acceptors (Lipinski definition) is 1. The highest BCUT2D eigenvalue weighted by molar-refractivity contribution is 5.74. The van der Waals surface area contributed by atoms with Crippen LogP contribution >= 0.6 is 0 Å². The van der Waals surface area contributed by atoms with E-state index in [0.717, 1.165) is 12.0 Å². The molecule has 0 aliphatic heterocycles. The van der Waals surface area contributed by atoms with Crippen molar-refractivity contribution in [2.45, 2.75) is 25.9 Å². The van der Waals surface area contributed by atoms with E-state index in [1.165, 1.54) is 5.56 Å². The van der Waals surface area contributed by atoms with E-state index in [0.29, 0.717) is 6.54 Å². The molecule has 2 rings (SSSR count). The SMILES string of the molecule is CC(Cc1ccccc1)NC(=O)NCc1ccccc1. The van der Waals surface area contributed by atoms with E-state index in [2.05, 4.69) is 22.8 Å². The monoisotopic (exact) mass is 268 g/mol. The molecule has 0 saturated heterocycles. The van der Waals surface area contributed by atoms with Gasteiger partial charge in [-0.05, 0) is 24.5 Å². The molecule has 0 aromatic heterocycles. The molecular formula is C17H20N2O. The lowest BCUT2D eigenvalue weighted by atomic mass is 10.1. The predicted octanol–water partition coefficient (Wildman–Crippen LogP) is 3.12. The second-order valence-electron chi connectivity index (χ2n) is 4.90. The summed E-state index contributed by atoms with van der Waals surface area (Å²) in [5, 5.41) is 5.81. The largest absolute Gasteiger partial charge is 0.335 e. The molecule has 1 atom stereocenters. The molecular weight excluding hydrogens is 248 g/mol. The fourth-order valence-electron chi connectivity index (χ4n) is 2.07. The van der Waals surface area contributed by atoms with Crippen molar-refractivity contribution in [1.29, 1.82) is 0 Å². The van der Waals surface area contributed by atoms with E-state index in [4.69, 9.17) is 0 Å². The topological polar surface area (TPSA) is 41.1 Å². The Hall–Kier alpha value is -2.29. The molecule has 0 aliphatic carbocycles. The predicted molar refractivity (Wildman–Crippen MR) is 81.4 cm³/mol. The van der Waals surface area contributed by atoms with Crippen LogP contribution in [0, 0.1) is 0 Å². The third-order valence-electron chi connectivity index (χ3n) is 3.06. The summed E-state index contributed by atoms with van der Waals surface area (Å²) in [5.74, 6) is 0. The van der Waals surface area contributed by atoms with Gasteiger partial charge in [0.25, 0.3) is 0 Å². The molecule has 0 spiro atoms. The first kappa shape index (κ1) is 14.1. The molecule has 20 heavy (non-hydrogen) atoms. The van der Waals surface area contributed by atoms with Crippen molar-refractivity contribution in [1.82, 2.24) is 10.6 Å². The van der Waals surface area contributed by atoms with Crippen LogP contribution in [0.15, 0.2) is 60.7 Å². The van der Waals surface area contributed by atoms with Gasteiger partial charge < -0.3 is 10.6 Å². The van der Waals surface area contributed by atoms with Crippen LogP contribution in [0.4, 0.5) is 4.79 Å². The van der Waals surface area contributed by atoms with Crippen molar-refractivity contribution >= 4 is 6.03 Å². The first-order chi connectivity index (χ1) is 9.74. The van der Waals surface area contributed by atoms with Crippen LogP contribution in [0.5, 0.6) is 0 Å². The number of urea groups is 1. The lowest BCUT2D eigenvalue weighted by molar-refractivity contribution is 0.237. The number of carbonyl (C=O) groups excluding carboxylic acids is 1. The van der Waals surface area contributed by atoms with E-state index in [9.17, 15) is 4.79 Å². The van der Waals surface area contributed by atoms with Crippen molar-refractivity contribution in [3.8, 4) is 0 Å². The lowest BCUT2D eigenvalue weighted by Gasteiger charge is -2.14. The third kappa shape index (κ3) is 4.76. The van der Waals surface area contributed by atoms with E-state index in [-0.39, 0.29) is 12.1 Å². The van der Waals surface area contributed by atoms with Gasteiger partial charge in [0.05, 0.1) is 0 Å². The van der Waals surface area contributed by atoms with Crippen molar-refractivity contribution in [3.63, 3.8) is 0 Å². The molecule has 3 heteroatoms. The number of carbonyl (C=O) groups is 1. The molecule has 0 aliphatic rings. The summed E-state index contributed by atoms with van der Waals surface area (Å²) in [6.07, 6.45) is 0.833. The Bertz CT molecular complexity index is 525. The maximum Gasteiger partial charge on any atom is 0.315 e. The van der Waals surface area contributed by atoms with Gasteiger partial charge in [-0.3, -0.25) is 0 Å². The summed E-state index contributed by atoms with van der Waals surface area (Å²) in [6.45, 7) is 2.56. The molecule has 104 valence electrons. The van der Waals surface area contributed by atoms with Gasteiger partial charge in [-0.25, -0.2) is 4.79 Å². The minimum absolute atomic E-state index is 0.105. The maximum absolute atomic E-state index is 11.8. The van der Waals surface area contributed by atoms with Crippen LogP contribution in [0.2, 0.25) is 0 Å². The number of benzene rings is 2. The summed E-state index contributed by atoms with van der Waals surface area (Å²) >= 11 is 0. The standard InChI is InChI=1S/C17H20N2O/c1-14(12-15-8-4-2-5-9-15)19-17(20)18-13-16-10-6-3-7-11-16/h2-11,14H,12-13H2,1H3,(H2,18,19,20). The lowest BCUT2D eigenvalue weighted by Crippen LogP contribution is -2.41. The number of hydrogen-bond donors (Lipinski definition) is 2. The summed E-state index contributed by atoms with van der Waals surface area (Å²) in [4.78, 5) is 11.8. The Morgan fingerprint density at radius 2 is 1.50 bits per heavy atom. The van der Waals surface area contributed by atoms with Crippen LogP contribution < -0.4 is 10.6 Å². The average Bonchev–Trinajstić information content (AvgIpc) is 2.47. The number of amides is 2. The maximum atomic E-state index is 11.8. The second-order valence-corrected chi connectivity index (χ2v) is 4.90. The second kappa shape index (κ2) is 7.34. The van der Waals surface area contributed by atoms with Gasteiger partial charge in [0.15, 0.2) is 0 Å². The van der Waals surface area contributed by atoms with Crippen molar-refractivity contribution < 1.29 is 4.79 Å². The Morgan fingerprint density at radius 1 is 0.950 bits per heavy atom. The van der Waals surface area contributed by atoms with Crippen LogP contribution in [-0.2, 0) is 13.0 Å². The third-order valence-corrected chi connectivity index (χ3v) is 3.06. The minimum Gasteiger partial charge on any atom is -0.335 e. The molecule has 1 unspecified atom stereocenters. The Kier molecular flexibility index (Phi) is 5.18. The van der Waals surface area contributed by atoms with Crippen molar-refractivity contribution in [3.05, 3.63) is 71.8 Å². The quantitative estimate of drug-likeness (QED) is 0.859. The zero-order valence-corrected chi connectivity index (χ0v) is 11.7. The Morgan fingerprint density at radius 3 is 2.10 bits per heavy atom. The molecule has 0 bridgehead atoms. The highest BCUT2D eigenvalue weighted by Gasteiger charge is 2.07. The first-order valence-electron chi connectivity index (χ1n) is 6.86. The van der Waals surface area contributed by atoms with Gasteiger partial charge in [0.2, 0.25) is 0 Å². The van der Waals surface area contributed by atoms with E-state index < -0.39 is 0 Å². The van der Waals surface area contributed by atoms with Gasteiger partial charge in [-0.1, -0.05) is 60.7 Å². The van der Waals surface area contributed by atoms with Crippen LogP contribution in [-0.4, -0.2) is 12.1 Å². The van der Waals surface area contributed by atoms with Crippen LogP contribution in [0.1, 0.15) is 18.1 Å². The van der Waals surface area contributed by atoms with E-state index in [1.54, 1.807) is 0 Å². The fraction of sp³-hybridized carbons (Fsp3) is 0.235. The highest BCUT2D eigenvalue weighted by Crippen LogP contribution is 2.02. The normalized spacial score (nSPS) is 11.7.